The van der Waals surface area contributed by atoms with E-state index in [2.05, 4.69) is 16.5 Å². The Morgan fingerprint density at radius 2 is 2.20 bits per heavy atom. The molecule has 0 spiro atoms. The first kappa shape index (κ1) is 10.7. The van der Waals surface area contributed by atoms with Gasteiger partial charge in [0.25, 0.3) is 0 Å². The van der Waals surface area contributed by atoms with Crippen LogP contribution in [-0.2, 0) is 13.0 Å². The second-order valence-electron chi connectivity index (χ2n) is 5.07. The Labute approximate surface area is 91.7 Å². The van der Waals surface area contributed by atoms with Gasteiger partial charge in [-0.05, 0) is 24.8 Å². The Bertz CT molecular complexity index is 310. The van der Waals surface area contributed by atoms with E-state index in [-0.39, 0.29) is 0 Å². The summed E-state index contributed by atoms with van der Waals surface area (Å²) in [6.07, 6.45) is 10.3. The minimum atomic E-state index is 0.490. The largest absolute Gasteiger partial charge is 0.334 e. The molecule has 0 saturated heterocycles. The lowest BCUT2D eigenvalue weighted by molar-refractivity contribution is 0.278. The molecule has 0 radical (unpaired) electrons. The maximum atomic E-state index is 5.59. The van der Waals surface area contributed by atoms with Crippen molar-refractivity contribution in [3.05, 3.63) is 18.2 Å². The van der Waals surface area contributed by atoms with Crippen molar-refractivity contribution in [2.45, 2.75) is 45.6 Å². The number of hydrogen-bond acceptors (Lipinski definition) is 2. The summed E-state index contributed by atoms with van der Waals surface area (Å²) in [6.45, 7) is 4.22. The fourth-order valence-corrected chi connectivity index (χ4v) is 2.64. The van der Waals surface area contributed by atoms with Gasteiger partial charge in [0.15, 0.2) is 0 Å². The Hall–Kier alpha value is -0.830. The van der Waals surface area contributed by atoms with E-state index in [1.54, 1.807) is 0 Å². The molecule has 1 fully saturated rings. The second kappa shape index (κ2) is 4.35. The summed E-state index contributed by atoms with van der Waals surface area (Å²) in [4.78, 5) is 4.22. The molecule has 1 aliphatic rings. The van der Waals surface area contributed by atoms with Crippen LogP contribution in [0.4, 0.5) is 0 Å². The first-order valence-corrected chi connectivity index (χ1v) is 5.93. The first-order chi connectivity index (χ1) is 7.23. The molecule has 0 amide bonds. The van der Waals surface area contributed by atoms with Crippen LogP contribution in [-0.4, -0.2) is 16.1 Å². The zero-order valence-corrected chi connectivity index (χ0v) is 9.58. The van der Waals surface area contributed by atoms with Crippen LogP contribution >= 0.6 is 0 Å². The number of aromatic nitrogens is 2. The van der Waals surface area contributed by atoms with Gasteiger partial charge in [-0.1, -0.05) is 19.8 Å². The van der Waals surface area contributed by atoms with Crippen molar-refractivity contribution in [2.24, 2.45) is 11.1 Å². The van der Waals surface area contributed by atoms with E-state index in [0.29, 0.717) is 12.0 Å². The van der Waals surface area contributed by atoms with Crippen LogP contribution in [0.15, 0.2) is 12.5 Å². The molecule has 1 aromatic heterocycles. The maximum absolute atomic E-state index is 5.59. The standard InChI is InChI=1S/C12H21N3/c1-12(5-2-3-6-12)9-15-10-14-8-11(15)4-7-13/h8,10H,2-7,9,13H2,1H3. The zero-order chi connectivity index (χ0) is 10.7. The van der Waals surface area contributed by atoms with Gasteiger partial charge in [0.1, 0.15) is 0 Å². The summed E-state index contributed by atoms with van der Waals surface area (Å²) in [5, 5.41) is 0. The highest BCUT2D eigenvalue weighted by atomic mass is 15.1. The molecular weight excluding hydrogens is 186 g/mol. The predicted molar refractivity (Wildman–Crippen MR) is 61.6 cm³/mol. The summed E-state index contributed by atoms with van der Waals surface area (Å²) in [7, 11) is 0. The van der Waals surface area contributed by atoms with Crippen LogP contribution in [0.1, 0.15) is 38.3 Å². The summed E-state index contributed by atoms with van der Waals surface area (Å²) in [6, 6.07) is 0. The fraction of sp³-hybridized carbons (Fsp3) is 0.750. The SMILES string of the molecule is CC1(Cn2cncc2CCN)CCCC1. The van der Waals surface area contributed by atoms with Crippen molar-refractivity contribution < 1.29 is 0 Å². The molecule has 0 aliphatic heterocycles. The Balaban J connectivity index is 2.06. The van der Waals surface area contributed by atoms with Gasteiger partial charge in [-0.2, -0.15) is 0 Å². The lowest BCUT2D eigenvalue weighted by Crippen LogP contribution is -2.21. The third kappa shape index (κ3) is 2.40. The van der Waals surface area contributed by atoms with E-state index in [9.17, 15) is 0 Å². The lowest BCUT2D eigenvalue weighted by atomic mass is 9.89. The number of rotatable bonds is 4. The van der Waals surface area contributed by atoms with Gasteiger partial charge in [0, 0.05) is 24.9 Å². The van der Waals surface area contributed by atoms with Crippen LogP contribution < -0.4 is 5.73 Å². The summed E-state index contributed by atoms with van der Waals surface area (Å²) in [5.74, 6) is 0. The molecule has 2 rings (SSSR count). The minimum absolute atomic E-state index is 0.490. The molecule has 3 heteroatoms. The molecule has 3 nitrogen and oxygen atoms in total. The molecule has 0 unspecified atom stereocenters. The number of nitrogens with zero attached hydrogens (tertiary/aromatic N) is 2. The van der Waals surface area contributed by atoms with Gasteiger partial charge < -0.3 is 10.3 Å². The number of nitrogens with two attached hydrogens (primary N) is 1. The first-order valence-electron chi connectivity index (χ1n) is 5.93. The van der Waals surface area contributed by atoms with E-state index >= 15 is 0 Å². The normalized spacial score (nSPS) is 19.6. The van der Waals surface area contributed by atoms with Crippen LogP contribution in [0, 0.1) is 5.41 Å². The third-order valence-corrected chi connectivity index (χ3v) is 3.56. The van der Waals surface area contributed by atoms with Crippen LogP contribution in [0.25, 0.3) is 0 Å². The molecule has 1 heterocycles. The smallest absolute Gasteiger partial charge is 0.0948 e. The van der Waals surface area contributed by atoms with Crippen LogP contribution in [0.2, 0.25) is 0 Å². The number of imidazole rings is 1. The molecular formula is C12H21N3. The summed E-state index contributed by atoms with van der Waals surface area (Å²) >= 11 is 0. The van der Waals surface area contributed by atoms with Gasteiger partial charge in [-0.3, -0.25) is 0 Å². The molecule has 1 aromatic rings. The van der Waals surface area contributed by atoms with Crippen molar-refractivity contribution in [3.8, 4) is 0 Å². The van der Waals surface area contributed by atoms with Gasteiger partial charge in [0.2, 0.25) is 0 Å². The summed E-state index contributed by atoms with van der Waals surface area (Å²) < 4.78 is 2.29. The molecule has 15 heavy (non-hydrogen) atoms. The van der Waals surface area contributed by atoms with Crippen molar-refractivity contribution >= 4 is 0 Å². The lowest BCUT2D eigenvalue weighted by Gasteiger charge is -2.25. The third-order valence-electron chi connectivity index (χ3n) is 3.56. The van der Waals surface area contributed by atoms with Crippen molar-refractivity contribution in [3.63, 3.8) is 0 Å². The molecule has 84 valence electrons. The van der Waals surface area contributed by atoms with E-state index in [4.69, 9.17) is 5.73 Å². The maximum Gasteiger partial charge on any atom is 0.0948 e. The highest BCUT2D eigenvalue weighted by Crippen LogP contribution is 2.39. The zero-order valence-electron chi connectivity index (χ0n) is 9.58. The van der Waals surface area contributed by atoms with Gasteiger partial charge in [-0.25, -0.2) is 4.98 Å². The van der Waals surface area contributed by atoms with Crippen molar-refractivity contribution in [1.29, 1.82) is 0 Å². The Kier molecular flexibility index (Phi) is 3.10. The van der Waals surface area contributed by atoms with E-state index < -0.39 is 0 Å². The summed E-state index contributed by atoms with van der Waals surface area (Å²) in [5.41, 5.74) is 7.36. The quantitative estimate of drug-likeness (QED) is 0.820. The Morgan fingerprint density at radius 3 is 2.87 bits per heavy atom. The highest BCUT2D eigenvalue weighted by molar-refractivity contribution is 5.00. The minimum Gasteiger partial charge on any atom is -0.334 e. The molecule has 0 bridgehead atoms. The molecule has 1 saturated carbocycles. The Morgan fingerprint density at radius 1 is 1.47 bits per heavy atom. The van der Waals surface area contributed by atoms with Gasteiger partial charge in [-0.15, -0.1) is 0 Å². The van der Waals surface area contributed by atoms with E-state index in [1.165, 1.54) is 31.4 Å². The van der Waals surface area contributed by atoms with Crippen molar-refractivity contribution in [2.75, 3.05) is 6.54 Å². The van der Waals surface area contributed by atoms with Crippen LogP contribution in [0.5, 0.6) is 0 Å². The van der Waals surface area contributed by atoms with Gasteiger partial charge >= 0.3 is 0 Å². The molecule has 0 aromatic carbocycles. The topological polar surface area (TPSA) is 43.8 Å². The van der Waals surface area contributed by atoms with E-state index in [0.717, 1.165) is 13.0 Å². The average Bonchev–Trinajstić information content (AvgIpc) is 2.78. The fourth-order valence-electron chi connectivity index (χ4n) is 2.64. The average molecular weight is 207 g/mol. The molecule has 2 N–H and O–H groups in total. The number of hydrogen-bond donors (Lipinski definition) is 1. The second-order valence-corrected chi connectivity index (χ2v) is 5.07. The molecule has 0 atom stereocenters. The molecule has 1 aliphatic carbocycles. The van der Waals surface area contributed by atoms with E-state index in [1.807, 2.05) is 12.5 Å². The monoisotopic (exact) mass is 207 g/mol. The predicted octanol–water partition coefficient (Wildman–Crippen LogP) is 1.96. The van der Waals surface area contributed by atoms with Crippen LogP contribution in [0.3, 0.4) is 0 Å². The van der Waals surface area contributed by atoms with Gasteiger partial charge in [0.05, 0.1) is 6.33 Å². The highest BCUT2D eigenvalue weighted by Gasteiger charge is 2.29. The van der Waals surface area contributed by atoms with Crippen molar-refractivity contribution in [1.82, 2.24) is 9.55 Å².